The van der Waals surface area contributed by atoms with Gasteiger partial charge in [-0.15, -0.1) is 0 Å². The molecule has 0 aromatic heterocycles. The van der Waals surface area contributed by atoms with E-state index in [9.17, 15) is 14.4 Å². The van der Waals surface area contributed by atoms with Gasteiger partial charge in [-0.2, -0.15) is 0 Å². The molecule has 0 N–H and O–H groups in total. The van der Waals surface area contributed by atoms with Crippen LogP contribution in [0.1, 0.15) is 43.6 Å². The minimum absolute atomic E-state index is 0.0678. The summed E-state index contributed by atoms with van der Waals surface area (Å²) < 4.78 is 0. The number of piperazine rings is 1. The first kappa shape index (κ1) is 18.4. The number of carbonyl (C=O) groups excluding carboxylic acids is 3. The quantitative estimate of drug-likeness (QED) is 0.770. The Bertz CT molecular complexity index is 941. The van der Waals surface area contributed by atoms with Gasteiger partial charge in [0.1, 0.15) is 0 Å². The summed E-state index contributed by atoms with van der Waals surface area (Å²) in [4.78, 5) is 42.6. The summed E-state index contributed by atoms with van der Waals surface area (Å²) in [5.41, 5.74) is 2.40. The van der Waals surface area contributed by atoms with E-state index < -0.39 is 0 Å². The van der Waals surface area contributed by atoms with E-state index in [1.54, 1.807) is 18.2 Å². The van der Waals surface area contributed by atoms with E-state index in [-0.39, 0.29) is 23.8 Å². The minimum atomic E-state index is -0.352. The fourth-order valence-electron chi connectivity index (χ4n) is 3.98. The van der Waals surface area contributed by atoms with Crippen molar-refractivity contribution in [2.24, 2.45) is 0 Å². The normalized spacial score (nSPS) is 19.9. The van der Waals surface area contributed by atoms with Crippen LogP contribution >= 0.6 is 0 Å². The Labute approximate surface area is 164 Å². The Morgan fingerprint density at radius 1 is 1.00 bits per heavy atom. The lowest BCUT2D eigenvalue weighted by molar-refractivity contribution is 0.0475. The number of hydrogen-bond donors (Lipinski definition) is 0. The average molecular weight is 377 g/mol. The van der Waals surface area contributed by atoms with E-state index >= 15 is 0 Å². The van der Waals surface area contributed by atoms with Crippen molar-refractivity contribution in [3.8, 4) is 0 Å². The first-order valence-corrected chi connectivity index (χ1v) is 9.49. The van der Waals surface area contributed by atoms with Crippen molar-refractivity contribution in [2.75, 3.05) is 26.7 Å². The Morgan fingerprint density at radius 3 is 2.43 bits per heavy atom. The largest absolute Gasteiger partial charge is 0.333 e. The molecule has 28 heavy (non-hydrogen) atoms. The Morgan fingerprint density at radius 2 is 1.71 bits per heavy atom. The van der Waals surface area contributed by atoms with Crippen LogP contribution in [0.4, 0.5) is 0 Å². The molecular weight excluding hydrogens is 354 g/mol. The maximum Gasteiger partial charge on any atom is 0.261 e. The van der Waals surface area contributed by atoms with E-state index in [2.05, 4.69) is 17.0 Å². The highest BCUT2D eigenvalue weighted by Gasteiger charge is 2.34. The lowest BCUT2D eigenvalue weighted by atomic mass is 10.0. The van der Waals surface area contributed by atoms with Gasteiger partial charge in [-0.1, -0.05) is 30.3 Å². The summed E-state index contributed by atoms with van der Waals surface area (Å²) >= 11 is 0. The molecular formula is C22H23N3O3. The highest BCUT2D eigenvalue weighted by molar-refractivity contribution is 6.21. The molecule has 1 atom stereocenters. The average Bonchev–Trinajstić information content (AvgIpc) is 2.92. The standard InChI is InChI=1S/C22H23N3O3/c1-15-13-24(14-16-6-4-3-5-7-16)10-11-25(15)20(26)17-8-9-18-19(12-17)22(28)23(2)21(18)27/h3-9,12,15H,10-11,13-14H2,1-2H3. The van der Waals surface area contributed by atoms with Gasteiger partial charge >= 0.3 is 0 Å². The second-order valence-electron chi connectivity index (χ2n) is 7.50. The van der Waals surface area contributed by atoms with Gasteiger partial charge < -0.3 is 4.90 Å². The van der Waals surface area contributed by atoms with Crippen LogP contribution in [0.15, 0.2) is 48.5 Å². The second kappa shape index (κ2) is 7.20. The highest BCUT2D eigenvalue weighted by Crippen LogP contribution is 2.24. The topological polar surface area (TPSA) is 60.9 Å². The number of fused-ring (bicyclic) bond motifs is 1. The van der Waals surface area contributed by atoms with Gasteiger partial charge in [-0.3, -0.25) is 24.2 Å². The predicted octanol–water partition coefficient (Wildman–Crippen LogP) is 2.26. The zero-order valence-electron chi connectivity index (χ0n) is 16.1. The van der Waals surface area contributed by atoms with E-state index in [1.807, 2.05) is 30.0 Å². The number of amides is 3. The number of rotatable bonds is 3. The maximum atomic E-state index is 13.0. The van der Waals surface area contributed by atoms with Gasteiger partial charge in [0.25, 0.3) is 17.7 Å². The molecule has 2 aromatic rings. The van der Waals surface area contributed by atoms with Crippen molar-refractivity contribution in [3.63, 3.8) is 0 Å². The van der Waals surface area contributed by atoms with Gasteiger partial charge in [0, 0.05) is 44.8 Å². The van der Waals surface area contributed by atoms with Crippen molar-refractivity contribution in [3.05, 3.63) is 70.8 Å². The van der Waals surface area contributed by atoms with Gasteiger partial charge in [0.15, 0.2) is 0 Å². The van der Waals surface area contributed by atoms with Crippen LogP contribution in [0.25, 0.3) is 0 Å². The molecule has 4 rings (SSSR count). The molecule has 0 bridgehead atoms. The number of nitrogens with zero attached hydrogens (tertiary/aromatic N) is 3. The van der Waals surface area contributed by atoms with Gasteiger partial charge in [-0.25, -0.2) is 0 Å². The zero-order valence-corrected chi connectivity index (χ0v) is 16.1. The van der Waals surface area contributed by atoms with Crippen LogP contribution in [0.2, 0.25) is 0 Å². The first-order chi connectivity index (χ1) is 13.5. The van der Waals surface area contributed by atoms with Crippen LogP contribution in [0.5, 0.6) is 0 Å². The molecule has 0 radical (unpaired) electrons. The summed E-state index contributed by atoms with van der Waals surface area (Å²) in [5, 5.41) is 0. The minimum Gasteiger partial charge on any atom is -0.333 e. The third-order valence-electron chi connectivity index (χ3n) is 5.56. The Hall–Kier alpha value is -2.99. The van der Waals surface area contributed by atoms with Crippen molar-refractivity contribution in [2.45, 2.75) is 19.5 Å². The molecule has 2 aromatic carbocycles. The number of imide groups is 1. The Balaban J connectivity index is 1.46. The maximum absolute atomic E-state index is 13.0. The molecule has 0 spiro atoms. The SMILES string of the molecule is CC1CN(Cc2ccccc2)CCN1C(=O)c1ccc2c(c1)C(=O)N(C)C2=O. The number of hydrogen-bond acceptors (Lipinski definition) is 4. The smallest absolute Gasteiger partial charge is 0.261 e. The predicted molar refractivity (Wildman–Crippen MR) is 105 cm³/mol. The molecule has 6 heteroatoms. The third-order valence-corrected chi connectivity index (χ3v) is 5.56. The van der Waals surface area contributed by atoms with Gasteiger partial charge in [0.05, 0.1) is 11.1 Å². The van der Waals surface area contributed by atoms with Gasteiger partial charge in [0.2, 0.25) is 0 Å². The van der Waals surface area contributed by atoms with Crippen LogP contribution in [0, 0.1) is 0 Å². The number of carbonyl (C=O) groups is 3. The summed E-state index contributed by atoms with van der Waals surface area (Å²) in [7, 11) is 1.46. The van der Waals surface area contributed by atoms with Crippen molar-refractivity contribution < 1.29 is 14.4 Å². The highest BCUT2D eigenvalue weighted by atomic mass is 16.2. The summed E-state index contributed by atoms with van der Waals surface area (Å²) in [6, 6.07) is 15.2. The molecule has 6 nitrogen and oxygen atoms in total. The molecule has 3 amide bonds. The molecule has 1 saturated heterocycles. The van der Waals surface area contributed by atoms with E-state index in [0.717, 1.165) is 24.5 Å². The monoisotopic (exact) mass is 377 g/mol. The van der Waals surface area contributed by atoms with E-state index in [1.165, 1.54) is 12.6 Å². The fourth-order valence-corrected chi connectivity index (χ4v) is 3.98. The summed E-state index contributed by atoms with van der Waals surface area (Å²) in [6.07, 6.45) is 0. The zero-order chi connectivity index (χ0) is 19.8. The van der Waals surface area contributed by atoms with Crippen LogP contribution < -0.4 is 0 Å². The molecule has 2 heterocycles. The molecule has 2 aliphatic rings. The van der Waals surface area contributed by atoms with Crippen molar-refractivity contribution in [1.29, 1.82) is 0 Å². The molecule has 0 saturated carbocycles. The second-order valence-corrected chi connectivity index (χ2v) is 7.50. The summed E-state index contributed by atoms with van der Waals surface area (Å²) in [6.45, 7) is 5.15. The molecule has 144 valence electrons. The van der Waals surface area contributed by atoms with Crippen molar-refractivity contribution in [1.82, 2.24) is 14.7 Å². The lowest BCUT2D eigenvalue weighted by Crippen LogP contribution is -2.53. The first-order valence-electron chi connectivity index (χ1n) is 9.49. The fraction of sp³-hybridized carbons (Fsp3) is 0.318. The molecule has 1 unspecified atom stereocenters. The lowest BCUT2D eigenvalue weighted by Gasteiger charge is -2.40. The third kappa shape index (κ3) is 3.20. The number of benzene rings is 2. The van der Waals surface area contributed by atoms with Crippen molar-refractivity contribution >= 4 is 17.7 Å². The van der Waals surface area contributed by atoms with Gasteiger partial charge in [-0.05, 0) is 30.7 Å². The molecule has 1 fully saturated rings. The van der Waals surface area contributed by atoms with Crippen LogP contribution in [0.3, 0.4) is 0 Å². The van der Waals surface area contributed by atoms with E-state index in [0.29, 0.717) is 23.2 Å². The van der Waals surface area contributed by atoms with E-state index in [4.69, 9.17) is 0 Å². The summed E-state index contributed by atoms with van der Waals surface area (Å²) in [5.74, 6) is -0.762. The van der Waals surface area contributed by atoms with Crippen LogP contribution in [-0.4, -0.2) is 65.1 Å². The van der Waals surface area contributed by atoms with Crippen LogP contribution in [-0.2, 0) is 6.54 Å². The molecule has 0 aliphatic carbocycles. The molecule has 2 aliphatic heterocycles. The Kier molecular flexibility index (Phi) is 4.73.